The molecule has 0 amide bonds. The maximum Gasteiger partial charge on any atom is 0.225 e. The zero-order chi connectivity index (χ0) is 18.5. The Hall–Kier alpha value is -2.66. The second kappa shape index (κ2) is 8.35. The molecule has 2 N–H and O–H groups in total. The fourth-order valence-electron chi connectivity index (χ4n) is 3.36. The van der Waals surface area contributed by atoms with E-state index in [1.54, 1.807) is 12.4 Å². The first-order valence-corrected chi connectivity index (χ1v) is 9.73. The van der Waals surface area contributed by atoms with Gasteiger partial charge in [0.25, 0.3) is 0 Å². The molecule has 0 atom stereocenters. The molecule has 1 aliphatic carbocycles. The van der Waals surface area contributed by atoms with E-state index in [9.17, 15) is 0 Å². The summed E-state index contributed by atoms with van der Waals surface area (Å²) in [5.74, 6) is 1.41. The average Bonchev–Trinajstić information content (AvgIpc) is 2.71. The van der Waals surface area contributed by atoms with E-state index in [0.29, 0.717) is 17.0 Å². The largest absolute Gasteiger partial charge is 0.351 e. The van der Waals surface area contributed by atoms with Crippen LogP contribution in [0.2, 0.25) is 5.02 Å². The van der Waals surface area contributed by atoms with Crippen LogP contribution in [0.25, 0.3) is 11.3 Å². The van der Waals surface area contributed by atoms with Crippen LogP contribution in [0.15, 0.2) is 54.9 Å². The molecule has 1 saturated carbocycles. The summed E-state index contributed by atoms with van der Waals surface area (Å²) in [6.07, 6.45) is 9.73. The highest BCUT2D eigenvalue weighted by Crippen LogP contribution is 2.26. The zero-order valence-electron chi connectivity index (χ0n) is 15.0. The van der Waals surface area contributed by atoms with Crippen molar-refractivity contribution in [1.29, 1.82) is 0 Å². The number of hydrogen-bond donors (Lipinski definition) is 2. The molecule has 0 aliphatic heterocycles. The molecular formula is C21H22ClN5. The molecule has 3 aromatic rings. The lowest BCUT2D eigenvalue weighted by molar-refractivity contribution is 0.461. The predicted octanol–water partition coefficient (Wildman–Crippen LogP) is 5.68. The van der Waals surface area contributed by atoms with Gasteiger partial charge in [0, 0.05) is 40.8 Å². The Labute approximate surface area is 164 Å². The maximum atomic E-state index is 5.98. The molecule has 27 heavy (non-hydrogen) atoms. The molecule has 6 heteroatoms. The number of nitrogens with zero attached hydrogens (tertiary/aromatic N) is 3. The number of pyridine rings is 1. The Morgan fingerprint density at radius 3 is 2.37 bits per heavy atom. The van der Waals surface area contributed by atoms with Crippen molar-refractivity contribution in [2.24, 2.45) is 0 Å². The van der Waals surface area contributed by atoms with E-state index in [4.69, 9.17) is 16.6 Å². The van der Waals surface area contributed by atoms with Crippen molar-refractivity contribution < 1.29 is 0 Å². The van der Waals surface area contributed by atoms with Gasteiger partial charge in [-0.1, -0.05) is 30.9 Å². The van der Waals surface area contributed by atoms with Crippen molar-refractivity contribution in [1.82, 2.24) is 15.0 Å². The van der Waals surface area contributed by atoms with Crippen LogP contribution in [0.5, 0.6) is 0 Å². The molecule has 2 aromatic heterocycles. The zero-order valence-corrected chi connectivity index (χ0v) is 15.8. The van der Waals surface area contributed by atoms with Crippen molar-refractivity contribution in [2.45, 2.75) is 38.1 Å². The normalized spacial score (nSPS) is 14.7. The van der Waals surface area contributed by atoms with Crippen LogP contribution in [0.3, 0.4) is 0 Å². The van der Waals surface area contributed by atoms with Crippen molar-refractivity contribution in [3.8, 4) is 11.3 Å². The number of anilines is 3. The molecule has 0 spiro atoms. The van der Waals surface area contributed by atoms with Crippen molar-refractivity contribution in [3.63, 3.8) is 0 Å². The summed E-state index contributed by atoms with van der Waals surface area (Å²) < 4.78 is 0. The van der Waals surface area contributed by atoms with Gasteiger partial charge >= 0.3 is 0 Å². The highest BCUT2D eigenvalue weighted by Gasteiger charge is 2.15. The van der Waals surface area contributed by atoms with Crippen molar-refractivity contribution in [2.75, 3.05) is 10.6 Å². The molecule has 0 saturated heterocycles. The van der Waals surface area contributed by atoms with Crippen LogP contribution < -0.4 is 10.6 Å². The number of rotatable bonds is 5. The number of halogens is 1. The van der Waals surface area contributed by atoms with Gasteiger partial charge in [0.1, 0.15) is 5.82 Å². The van der Waals surface area contributed by atoms with Gasteiger partial charge < -0.3 is 10.6 Å². The Balaban J connectivity index is 1.64. The second-order valence-corrected chi connectivity index (χ2v) is 7.25. The summed E-state index contributed by atoms with van der Waals surface area (Å²) in [4.78, 5) is 13.5. The molecular weight excluding hydrogens is 358 g/mol. The monoisotopic (exact) mass is 379 g/mol. The van der Waals surface area contributed by atoms with E-state index in [2.05, 4.69) is 20.6 Å². The van der Waals surface area contributed by atoms with Crippen LogP contribution in [0.1, 0.15) is 32.1 Å². The Morgan fingerprint density at radius 1 is 0.889 bits per heavy atom. The van der Waals surface area contributed by atoms with Crippen molar-refractivity contribution >= 4 is 29.1 Å². The smallest absolute Gasteiger partial charge is 0.225 e. The second-order valence-electron chi connectivity index (χ2n) is 6.81. The molecule has 0 bridgehead atoms. The minimum absolute atomic E-state index is 0.440. The first-order chi connectivity index (χ1) is 13.3. The summed E-state index contributed by atoms with van der Waals surface area (Å²) in [7, 11) is 0. The van der Waals surface area contributed by atoms with E-state index in [0.717, 1.165) is 22.8 Å². The lowest BCUT2D eigenvalue weighted by Gasteiger charge is -2.23. The lowest BCUT2D eigenvalue weighted by Crippen LogP contribution is -2.23. The predicted molar refractivity (Wildman–Crippen MR) is 110 cm³/mol. The quantitative estimate of drug-likeness (QED) is 0.597. The first-order valence-electron chi connectivity index (χ1n) is 9.35. The summed E-state index contributed by atoms with van der Waals surface area (Å²) in [6.45, 7) is 0. The third-order valence-electron chi connectivity index (χ3n) is 4.76. The van der Waals surface area contributed by atoms with Crippen LogP contribution in [-0.2, 0) is 0 Å². The fourth-order valence-corrected chi connectivity index (χ4v) is 3.48. The Kier molecular flexibility index (Phi) is 5.49. The van der Waals surface area contributed by atoms with Gasteiger partial charge in [-0.15, -0.1) is 0 Å². The summed E-state index contributed by atoms with van der Waals surface area (Å²) >= 11 is 5.98. The highest BCUT2D eigenvalue weighted by molar-refractivity contribution is 6.30. The molecule has 138 valence electrons. The molecule has 1 aromatic carbocycles. The van der Waals surface area contributed by atoms with E-state index < -0.39 is 0 Å². The summed E-state index contributed by atoms with van der Waals surface area (Å²) in [5.41, 5.74) is 2.81. The average molecular weight is 380 g/mol. The molecule has 5 nitrogen and oxygen atoms in total. The van der Waals surface area contributed by atoms with E-state index in [1.165, 1.54) is 32.1 Å². The summed E-state index contributed by atoms with van der Waals surface area (Å²) in [6, 6.07) is 13.9. The van der Waals surface area contributed by atoms with E-state index >= 15 is 0 Å². The van der Waals surface area contributed by atoms with Crippen LogP contribution in [-0.4, -0.2) is 21.0 Å². The molecule has 0 unspecified atom stereocenters. The number of hydrogen-bond acceptors (Lipinski definition) is 5. The molecule has 1 fully saturated rings. The van der Waals surface area contributed by atoms with Crippen molar-refractivity contribution in [3.05, 3.63) is 59.9 Å². The fraction of sp³-hybridized carbons (Fsp3) is 0.286. The van der Waals surface area contributed by atoms with E-state index in [1.807, 2.05) is 42.5 Å². The minimum Gasteiger partial charge on any atom is -0.351 e. The van der Waals surface area contributed by atoms with Gasteiger partial charge in [-0.05, 0) is 49.2 Å². The van der Waals surface area contributed by atoms with Crippen LogP contribution in [0, 0.1) is 0 Å². The molecule has 0 radical (unpaired) electrons. The van der Waals surface area contributed by atoms with Gasteiger partial charge in [-0.2, -0.15) is 4.98 Å². The molecule has 2 heterocycles. The SMILES string of the molecule is Clc1ccc(Nc2cc(-c3ccncc3)nc(NC3CCCCC3)n2)cc1. The third kappa shape index (κ3) is 4.74. The van der Waals surface area contributed by atoms with Crippen LogP contribution >= 0.6 is 11.6 Å². The Morgan fingerprint density at radius 2 is 1.63 bits per heavy atom. The molecule has 4 rings (SSSR count). The third-order valence-corrected chi connectivity index (χ3v) is 5.01. The lowest BCUT2D eigenvalue weighted by atomic mass is 9.96. The van der Waals surface area contributed by atoms with Gasteiger partial charge in [0.05, 0.1) is 5.69 Å². The Bertz CT molecular complexity index is 877. The first kappa shape index (κ1) is 17.7. The number of aromatic nitrogens is 3. The standard InChI is InChI=1S/C21H22ClN5/c22-16-6-8-18(9-7-16)24-20-14-19(15-10-12-23-13-11-15)26-21(27-20)25-17-4-2-1-3-5-17/h6-14,17H,1-5H2,(H2,24,25,26,27). The van der Waals surface area contributed by atoms with Crippen LogP contribution in [0.4, 0.5) is 17.5 Å². The highest BCUT2D eigenvalue weighted by atomic mass is 35.5. The number of nitrogens with one attached hydrogen (secondary N) is 2. The molecule has 1 aliphatic rings. The minimum atomic E-state index is 0.440. The van der Waals surface area contributed by atoms with E-state index in [-0.39, 0.29) is 0 Å². The van der Waals surface area contributed by atoms with Gasteiger partial charge in [0.15, 0.2) is 0 Å². The topological polar surface area (TPSA) is 62.7 Å². The van der Waals surface area contributed by atoms with Gasteiger partial charge in [0.2, 0.25) is 5.95 Å². The maximum absolute atomic E-state index is 5.98. The van der Waals surface area contributed by atoms with Gasteiger partial charge in [-0.25, -0.2) is 4.98 Å². The van der Waals surface area contributed by atoms with Gasteiger partial charge in [-0.3, -0.25) is 4.98 Å². The summed E-state index contributed by atoms with van der Waals surface area (Å²) in [5, 5.41) is 7.59. The number of benzene rings is 1.